The van der Waals surface area contributed by atoms with Gasteiger partial charge in [-0.2, -0.15) is 4.31 Å². The number of carbonyl (C=O) groups excluding carboxylic acids is 2. The smallest absolute Gasteiger partial charge is 0.239 e. The second-order valence-electron chi connectivity index (χ2n) is 7.38. The minimum absolute atomic E-state index is 0.0468. The van der Waals surface area contributed by atoms with Crippen LogP contribution in [-0.4, -0.2) is 67.9 Å². The van der Waals surface area contributed by atoms with Crippen molar-refractivity contribution in [1.82, 2.24) is 14.5 Å². The fourth-order valence-corrected chi connectivity index (χ4v) is 4.72. The first kappa shape index (κ1) is 17.7. The van der Waals surface area contributed by atoms with Gasteiger partial charge in [0.1, 0.15) is 0 Å². The van der Waals surface area contributed by atoms with Gasteiger partial charge in [-0.1, -0.05) is 6.42 Å². The van der Waals surface area contributed by atoms with E-state index in [0.29, 0.717) is 32.0 Å². The third kappa shape index (κ3) is 4.27. The number of hydrogen-bond acceptors (Lipinski definition) is 4. The molecule has 0 bridgehead atoms. The Morgan fingerprint density at radius 1 is 1.21 bits per heavy atom. The van der Waals surface area contributed by atoms with Crippen molar-refractivity contribution >= 4 is 21.8 Å². The third-order valence-electron chi connectivity index (χ3n) is 5.38. The lowest BCUT2D eigenvalue weighted by Crippen LogP contribution is -2.47. The average molecular weight is 357 g/mol. The first-order valence-electron chi connectivity index (χ1n) is 8.87. The van der Waals surface area contributed by atoms with E-state index >= 15 is 0 Å². The summed E-state index contributed by atoms with van der Waals surface area (Å²) in [5.74, 6) is 0.590. The maximum atomic E-state index is 12.4. The molecular formula is C16H27N3O4S. The molecule has 1 aliphatic carbocycles. The van der Waals surface area contributed by atoms with Crippen molar-refractivity contribution in [2.45, 2.75) is 44.6 Å². The summed E-state index contributed by atoms with van der Waals surface area (Å²) < 4.78 is 25.1. The Bertz CT molecular complexity index is 602. The first-order valence-corrected chi connectivity index (χ1v) is 10.7. The van der Waals surface area contributed by atoms with E-state index in [-0.39, 0.29) is 30.3 Å². The summed E-state index contributed by atoms with van der Waals surface area (Å²) in [7, 11) is -3.23. The first-order chi connectivity index (χ1) is 11.3. The van der Waals surface area contributed by atoms with Gasteiger partial charge in [0, 0.05) is 32.1 Å². The van der Waals surface area contributed by atoms with Crippen molar-refractivity contribution in [1.29, 1.82) is 0 Å². The molecule has 1 N–H and O–H groups in total. The quantitative estimate of drug-likeness (QED) is 0.760. The normalized spacial score (nSPS) is 29.5. The van der Waals surface area contributed by atoms with Crippen LogP contribution in [0.1, 0.15) is 38.5 Å². The Balaban J connectivity index is 1.59. The van der Waals surface area contributed by atoms with Crippen LogP contribution in [0.4, 0.5) is 0 Å². The molecule has 0 aromatic heterocycles. The number of sulfonamides is 1. The highest BCUT2D eigenvalue weighted by atomic mass is 32.2. The van der Waals surface area contributed by atoms with Gasteiger partial charge in [-0.25, -0.2) is 8.42 Å². The summed E-state index contributed by atoms with van der Waals surface area (Å²) in [6, 6.07) is -0.137. The van der Waals surface area contributed by atoms with Gasteiger partial charge in [0.2, 0.25) is 21.8 Å². The standard InChI is InChI=1S/C16H27N3O4S/c1-24(22,23)19-9-13(12-6-7-12)14(10-19)17-15(20)11-18-8-4-2-3-5-16(18)21/h12-14H,2-11H2,1H3,(H,17,20). The summed E-state index contributed by atoms with van der Waals surface area (Å²) in [6.07, 6.45) is 6.82. The molecule has 2 atom stereocenters. The molecule has 3 fully saturated rings. The molecule has 3 rings (SSSR count). The van der Waals surface area contributed by atoms with E-state index in [1.807, 2.05) is 0 Å². The van der Waals surface area contributed by atoms with Gasteiger partial charge in [-0.15, -0.1) is 0 Å². The van der Waals surface area contributed by atoms with Crippen LogP contribution in [0.5, 0.6) is 0 Å². The van der Waals surface area contributed by atoms with E-state index in [4.69, 9.17) is 0 Å². The number of nitrogens with zero attached hydrogens (tertiary/aromatic N) is 2. The molecule has 2 unspecified atom stereocenters. The van der Waals surface area contributed by atoms with Gasteiger partial charge < -0.3 is 10.2 Å². The van der Waals surface area contributed by atoms with Crippen LogP contribution >= 0.6 is 0 Å². The molecule has 2 aliphatic heterocycles. The van der Waals surface area contributed by atoms with Gasteiger partial charge in [0.05, 0.1) is 12.8 Å². The monoisotopic (exact) mass is 357 g/mol. The lowest BCUT2D eigenvalue weighted by molar-refractivity contribution is -0.135. The molecule has 0 radical (unpaired) electrons. The summed E-state index contributed by atoms with van der Waals surface area (Å²) in [5, 5.41) is 3.00. The Morgan fingerprint density at radius 3 is 2.62 bits per heavy atom. The topological polar surface area (TPSA) is 86.8 Å². The van der Waals surface area contributed by atoms with Crippen LogP contribution in [0.2, 0.25) is 0 Å². The average Bonchev–Trinajstić information content (AvgIpc) is 3.27. The van der Waals surface area contributed by atoms with E-state index in [1.165, 1.54) is 10.6 Å². The van der Waals surface area contributed by atoms with E-state index in [9.17, 15) is 18.0 Å². The maximum absolute atomic E-state index is 12.4. The molecule has 2 heterocycles. The largest absolute Gasteiger partial charge is 0.350 e. The number of hydrogen-bond donors (Lipinski definition) is 1. The Hall–Kier alpha value is -1.15. The van der Waals surface area contributed by atoms with Crippen LogP contribution in [0, 0.1) is 11.8 Å². The number of amides is 2. The minimum Gasteiger partial charge on any atom is -0.350 e. The zero-order chi connectivity index (χ0) is 17.3. The van der Waals surface area contributed by atoms with E-state index < -0.39 is 10.0 Å². The van der Waals surface area contributed by atoms with Gasteiger partial charge in [0.25, 0.3) is 0 Å². The number of likely N-dealkylation sites (tertiary alicyclic amines) is 1. The van der Waals surface area contributed by atoms with E-state index in [2.05, 4.69) is 5.32 Å². The molecule has 24 heavy (non-hydrogen) atoms. The van der Waals surface area contributed by atoms with Gasteiger partial charge in [-0.05, 0) is 37.5 Å². The molecule has 0 spiro atoms. The molecule has 0 aromatic carbocycles. The molecular weight excluding hydrogens is 330 g/mol. The highest BCUT2D eigenvalue weighted by Crippen LogP contribution is 2.41. The molecule has 7 nitrogen and oxygen atoms in total. The molecule has 0 aromatic rings. The minimum atomic E-state index is -3.23. The number of nitrogens with one attached hydrogen (secondary N) is 1. The predicted molar refractivity (Wildman–Crippen MR) is 89.6 cm³/mol. The number of carbonyl (C=O) groups is 2. The summed E-state index contributed by atoms with van der Waals surface area (Å²) in [4.78, 5) is 26.0. The molecule has 3 aliphatic rings. The van der Waals surface area contributed by atoms with Crippen molar-refractivity contribution in [3.63, 3.8) is 0 Å². The van der Waals surface area contributed by atoms with Gasteiger partial charge in [0.15, 0.2) is 0 Å². The lowest BCUT2D eigenvalue weighted by atomic mass is 9.98. The summed E-state index contributed by atoms with van der Waals surface area (Å²) in [6.45, 7) is 1.57. The predicted octanol–water partition coefficient (Wildman–Crippen LogP) is 0.175. The van der Waals surface area contributed by atoms with Crippen LogP contribution in [0.15, 0.2) is 0 Å². The van der Waals surface area contributed by atoms with Crippen LogP contribution in [0.25, 0.3) is 0 Å². The van der Waals surface area contributed by atoms with Crippen LogP contribution < -0.4 is 5.32 Å². The fourth-order valence-electron chi connectivity index (χ4n) is 3.85. The second kappa shape index (κ2) is 7.00. The number of rotatable bonds is 5. The highest BCUT2D eigenvalue weighted by Gasteiger charge is 2.45. The van der Waals surface area contributed by atoms with Crippen molar-refractivity contribution < 1.29 is 18.0 Å². The Kier molecular flexibility index (Phi) is 5.15. The molecule has 1 saturated carbocycles. The SMILES string of the molecule is CS(=O)(=O)N1CC(NC(=O)CN2CCCCCC2=O)C(C2CC2)C1. The van der Waals surface area contributed by atoms with Crippen molar-refractivity contribution in [3.05, 3.63) is 0 Å². The van der Waals surface area contributed by atoms with E-state index in [1.54, 1.807) is 4.90 Å². The van der Waals surface area contributed by atoms with Crippen molar-refractivity contribution in [2.24, 2.45) is 11.8 Å². The maximum Gasteiger partial charge on any atom is 0.239 e. The molecule has 2 saturated heterocycles. The Labute approximate surface area is 143 Å². The van der Waals surface area contributed by atoms with Crippen molar-refractivity contribution in [3.8, 4) is 0 Å². The fraction of sp³-hybridized carbons (Fsp3) is 0.875. The zero-order valence-electron chi connectivity index (χ0n) is 14.2. The van der Waals surface area contributed by atoms with Crippen LogP contribution in [0.3, 0.4) is 0 Å². The highest BCUT2D eigenvalue weighted by molar-refractivity contribution is 7.88. The van der Waals surface area contributed by atoms with Gasteiger partial charge in [-0.3, -0.25) is 9.59 Å². The lowest BCUT2D eigenvalue weighted by Gasteiger charge is -2.23. The molecule has 2 amide bonds. The molecule has 8 heteroatoms. The van der Waals surface area contributed by atoms with Crippen LogP contribution in [-0.2, 0) is 19.6 Å². The summed E-state index contributed by atoms with van der Waals surface area (Å²) >= 11 is 0. The Morgan fingerprint density at radius 2 is 1.96 bits per heavy atom. The second-order valence-corrected chi connectivity index (χ2v) is 9.36. The third-order valence-corrected chi connectivity index (χ3v) is 6.62. The van der Waals surface area contributed by atoms with Crippen molar-refractivity contribution in [2.75, 3.05) is 32.4 Å². The van der Waals surface area contributed by atoms with E-state index in [0.717, 1.165) is 32.1 Å². The zero-order valence-corrected chi connectivity index (χ0v) is 15.1. The van der Waals surface area contributed by atoms with Gasteiger partial charge >= 0.3 is 0 Å². The molecule has 136 valence electrons. The summed E-state index contributed by atoms with van der Waals surface area (Å²) in [5.41, 5.74) is 0.